The Morgan fingerprint density at radius 2 is 1.78 bits per heavy atom. The zero-order valence-electron chi connectivity index (χ0n) is 16.9. The summed E-state index contributed by atoms with van der Waals surface area (Å²) >= 11 is 1.45. The molecule has 2 aromatic rings. The molecule has 0 aliphatic heterocycles. The van der Waals surface area contributed by atoms with Crippen LogP contribution in [0.3, 0.4) is 0 Å². The molecule has 27 heavy (non-hydrogen) atoms. The number of nitrogens with one attached hydrogen (secondary N) is 1. The number of nitrogens with zero attached hydrogens (tertiary/aromatic N) is 3. The van der Waals surface area contributed by atoms with Crippen LogP contribution < -0.4 is 5.32 Å². The highest BCUT2D eigenvalue weighted by atomic mass is 32.2. The van der Waals surface area contributed by atoms with Crippen molar-refractivity contribution >= 4 is 17.7 Å². The SMILES string of the molecule is CC(C)c1ccc([C@@H](NC(=O)CSc2nnc(C3CC3)n2C)C(C)C)cc1. The van der Waals surface area contributed by atoms with E-state index in [9.17, 15) is 4.79 Å². The fourth-order valence-corrected chi connectivity index (χ4v) is 3.95. The average Bonchev–Trinajstić information content (AvgIpc) is 3.41. The van der Waals surface area contributed by atoms with E-state index < -0.39 is 0 Å². The van der Waals surface area contributed by atoms with Crippen molar-refractivity contribution in [2.45, 2.75) is 63.6 Å². The van der Waals surface area contributed by atoms with E-state index in [-0.39, 0.29) is 11.9 Å². The molecule has 1 aromatic heterocycles. The van der Waals surface area contributed by atoms with Gasteiger partial charge < -0.3 is 9.88 Å². The zero-order valence-corrected chi connectivity index (χ0v) is 17.7. The summed E-state index contributed by atoms with van der Waals surface area (Å²) in [6.45, 7) is 8.65. The first-order valence-corrected chi connectivity index (χ1v) is 10.8. The van der Waals surface area contributed by atoms with Gasteiger partial charge >= 0.3 is 0 Å². The lowest BCUT2D eigenvalue weighted by Crippen LogP contribution is -2.33. The molecule has 1 aliphatic rings. The Balaban J connectivity index is 1.60. The van der Waals surface area contributed by atoms with E-state index in [0.29, 0.717) is 23.5 Å². The molecule has 0 radical (unpaired) electrons. The summed E-state index contributed by atoms with van der Waals surface area (Å²) in [5.41, 5.74) is 2.47. The number of amides is 1. The van der Waals surface area contributed by atoms with Crippen LogP contribution in [0.1, 0.15) is 75.4 Å². The fraction of sp³-hybridized carbons (Fsp3) is 0.571. The average molecular weight is 387 g/mol. The number of rotatable bonds is 8. The Hall–Kier alpha value is -1.82. The van der Waals surface area contributed by atoms with Gasteiger partial charge in [-0.05, 0) is 35.8 Å². The van der Waals surface area contributed by atoms with Crippen LogP contribution in [-0.2, 0) is 11.8 Å². The minimum Gasteiger partial charge on any atom is -0.348 e. The van der Waals surface area contributed by atoms with Crippen molar-refractivity contribution in [3.8, 4) is 0 Å². The third-order valence-corrected chi connectivity index (χ3v) is 6.11. The van der Waals surface area contributed by atoms with E-state index in [0.717, 1.165) is 16.5 Å². The molecule has 1 aromatic carbocycles. The largest absolute Gasteiger partial charge is 0.348 e. The molecule has 1 heterocycles. The van der Waals surface area contributed by atoms with Gasteiger partial charge in [-0.15, -0.1) is 10.2 Å². The first-order valence-electron chi connectivity index (χ1n) is 9.78. The fourth-order valence-electron chi connectivity index (χ4n) is 3.22. The summed E-state index contributed by atoms with van der Waals surface area (Å²) < 4.78 is 2.03. The van der Waals surface area contributed by atoms with Crippen molar-refractivity contribution in [2.24, 2.45) is 13.0 Å². The number of carbonyl (C=O) groups is 1. The number of hydrogen-bond acceptors (Lipinski definition) is 4. The van der Waals surface area contributed by atoms with Crippen LogP contribution >= 0.6 is 11.8 Å². The molecule has 1 N–H and O–H groups in total. The molecule has 0 saturated heterocycles. The summed E-state index contributed by atoms with van der Waals surface area (Å²) in [5.74, 6) is 2.81. The molecule has 1 amide bonds. The maximum absolute atomic E-state index is 12.6. The number of thioether (sulfide) groups is 1. The number of benzene rings is 1. The first kappa shape index (κ1) is 19.9. The number of hydrogen-bond donors (Lipinski definition) is 1. The smallest absolute Gasteiger partial charge is 0.230 e. The Kier molecular flexibility index (Phi) is 6.25. The molecule has 1 atom stereocenters. The van der Waals surface area contributed by atoms with Crippen molar-refractivity contribution in [3.63, 3.8) is 0 Å². The van der Waals surface area contributed by atoms with Crippen LogP contribution in [0.2, 0.25) is 0 Å². The topological polar surface area (TPSA) is 59.8 Å². The minimum atomic E-state index is 0.0147. The lowest BCUT2D eigenvalue weighted by molar-refractivity contribution is -0.119. The van der Waals surface area contributed by atoms with Crippen LogP contribution in [0, 0.1) is 5.92 Å². The van der Waals surface area contributed by atoms with Gasteiger partial charge in [0.1, 0.15) is 5.82 Å². The standard InChI is InChI=1S/C21H30N4OS/c1-13(2)15-6-8-16(9-7-15)19(14(3)4)22-18(26)12-27-21-24-23-20(25(21)5)17-10-11-17/h6-9,13-14,17,19H,10-12H2,1-5H3,(H,22,26)/t19-/m0/s1. The van der Waals surface area contributed by atoms with Crippen molar-refractivity contribution in [3.05, 3.63) is 41.2 Å². The maximum Gasteiger partial charge on any atom is 0.230 e. The molecule has 1 fully saturated rings. The molecular formula is C21H30N4OS. The molecule has 146 valence electrons. The number of carbonyl (C=O) groups excluding carboxylic acids is 1. The lowest BCUT2D eigenvalue weighted by Gasteiger charge is -2.23. The zero-order chi connectivity index (χ0) is 19.6. The second kappa shape index (κ2) is 8.46. The maximum atomic E-state index is 12.6. The van der Waals surface area contributed by atoms with Crippen molar-refractivity contribution in [1.82, 2.24) is 20.1 Å². The molecule has 6 heteroatoms. The van der Waals surface area contributed by atoms with E-state index in [1.807, 2.05) is 11.6 Å². The highest BCUT2D eigenvalue weighted by molar-refractivity contribution is 7.99. The molecule has 5 nitrogen and oxygen atoms in total. The third-order valence-electron chi connectivity index (χ3n) is 5.09. The predicted molar refractivity (Wildman–Crippen MR) is 110 cm³/mol. The van der Waals surface area contributed by atoms with Gasteiger partial charge in [-0.25, -0.2) is 0 Å². The van der Waals surface area contributed by atoms with Gasteiger partial charge in [0.2, 0.25) is 5.91 Å². The van der Waals surface area contributed by atoms with E-state index in [1.54, 1.807) is 0 Å². The lowest BCUT2D eigenvalue weighted by atomic mass is 9.93. The quantitative estimate of drug-likeness (QED) is 0.682. The van der Waals surface area contributed by atoms with Gasteiger partial charge in [-0.3, -0.25) is 4.79 Å². The van der Waals surface area contributed by atoms with E-state index in [2.05, 4.69) is 67.5 Å². The highest BCUT2D eigenvalue weighted by Crippen LogP contribution is 2.39. The van der Waals surface area contributed by atoms with Gasteiger partial charge in [0.25, 0.3) is 0 Å². The van der Waals surface area contributed by atoms with Crippen LogP contribution in [-0.4, -0.2) is 26.4 Å². The number of aromatic nitrogens is 3. The monoisotopic (exact) mass is 386 g/mol. The normalized spacial score (nSPS) is 15.4. The van der Waals surface area contributed by atoms with Crippen LogP contribution in [0.15, 0.2) is 29.4 Å². The Morgan fingerprint density at radius 3 is 2.33 bits per heavy atom. The van der Waals surface area contributed by atoms with Gasteiger partial charge in [0.15, 0.2) is 5.16 Å². The van der Waals surface area contributed by atoms with Crippen molar-refractivity contribution < 1.29 is 4.79 Å². The predicted octanol–water partition coefficient (Wildman–Crippen LogP) is 4.42. The summed E-state index contributed by atoms with van der Waals surface area (Å²) in [5, 5.41) is 12.5. The van der Waals surface area contributed by atoms with Gasteiger partial charge in [-0.2, -0.15) is 0 Å². The summed E-state index contributed by atoms with van der Waals surface area (Å²) in [4.78, 5) is 12.6. The van der Waals surface area contributed by atoms with Crippen LogP contribution in [0.4, 0.5) is 0 Å². The Labute approximate surface area is 166 Å². The summed E-state index contributed by atoms with van der Waals surface area (Å²) in [7, 11) is 1.99. The second-order valence-corrected chi connectivity index (χ2v) is 9.02. The highest BCUT2D eigenvalue weighted by Gasteiger charge is 2.29. The van der Waals surface area contributed by atoms with Crippen molar-refractivity contribution in [2.75, 3.05) is 5.75 Å². The summed E-state index contributed by atoms with van der Waals surface area (Å²) in [6, 6.07) is 8.61. The molecule has 1 saturated carbocycles. The Bertz CT molecular complexity index is 778. The third kappa shape index (κ3) is 4.92. The van der Waals surface area contributed by atoms with Crippen LogP contribution in [0.25, 0.3) is 0 Å². The molecule has 3 rings (SSSR count). The molecular weight excluding hydrogens is 356 g/mol. The first-order chi connectivity index (χ1) is 12.9. The molecule has 1 aliphatic carbocycles. The minimum absolute atomic E-state index is 0.0147. The summed E-state index contributed by atoms with van der Waals surface area (Å²) in [6.07, 6.45) is 2.39. The van der Waals surface area contributed by atoms with E-state index in [1.165, 1.54) is 30.2 Å². The van der Waals surface area contributed by atoms with Crippen LogP contribution in [0.5, 0.6) is 0 Å². The molecule has 0 unspecified atom stereocenters. The van der Waals surface area contributed by atoms with Gasteiger partial charge in [-0.1, -0.05) is 63.7 Å². The molecule has 0 spiro atoms. The second-order valence-electron chi connectivity index (χ2n) is 8.07. The van der Waals surface area contributed by atoms with E-state index >= 15 is 0 Å². The van der Waals surface area contributed by atoms with E-state index in [4.69, 9.17) is 0 Å². The van der Waals surface area contributed by atoms with Gasteiger partial charge in [0, 0.05) is 13.0 Å². The van der Waals surface area contributed by atoms with Gasteiger partial charge in [0.05, 0.1) is 11.8 Å². The Morgan fingerprint density at radius 1 is 1.15 bits per heavy atom. The molecule has 0 bridgehead atoms. The van der Waals surface area contributed by atoms with Crippen molar-refractivity contribution in [1.29, 1.82) is 0 Å².